The van der Waals surface area contributed by atoms with Crippen molar-refractivity contribution in [2.24, 2.45) is 0 Å². The normalized spacial score (nSPS) is 11.3. The van der Waals surface area contributed by atoms with E-state index in [0.29, 0.717) is 22.5 Å². The van der Waals surface area contributed by atoms with Gasteiger partial charge in [0.15, 0.2) is 6.61 Å². The molecule has 0 atom stereocenters. The summed E-state index contributed by atoms with van der Waals surface area (Å²) in [6, 6.07) is 14.8. The van der Waals surface area contributed by atoms with Gasteiger partial charge < -0.3 is 14.2 Å². The molecule has 2 aromatic carbocycles. The van der Waals surface area contributed by atoms with E-state index in [2.05, 4.69) is 10.1 Å². The monoisotopic (exact) mass is 413 g/mol. The predicted octanol–water partition coefficient (Wildman–Crippen LogP) is 4.90. The smallest absolute Gasteiger partial charge is 0.261 e. The van der Waals surface area contributed by atoms with Crippen molar-refractivity contribution in [1.29, 1.82) is 0 Å². The summed E-state index contributed by atoms with van der Waals surface area (Å²) in [6.45, 7) is 7.84. The second-order valence-electron chi connectivity index (χ2n) is 7.73. The third kappa shape index (κ3) is 5.35. The molecule has 3 aromatic rings. The molecular formula is C22H24ClN3O3. The van der Waals surface area contributed by atoms with E-state index in [1.165, 1.54) is 0 Å². The SMILES string of the molecule is Cc1cc(Cl)ccc1OCC(=O)N(Cc1nc(-c2ccccc2)no1)C(C)(C)C. The summed E-state index contributed by atoms with van der Waals surface area (Å²) in [6.07, 6.45) is 0. The lowest BCUT2D eigenvalue weighted by Crippen LogP contribution is -2.47. The van der Waals surface area contributed by atoms with Crippen LogP contribution in [0.4, 0.5) is 0 Å². The minimum atomic E-state index is -0.448. The van der Waals surface area contributed by atoms with Gasteiger partial charge >= 0.3 is 0 Å². The van der Waals surface area contributed by atoms with E-state index in [9.17, 15) is 4.79 Å². The van der Waals surface area contributed by atoms with Crippen LogP contribution in [0.25, 0.3) is 11.4 Å². The Morgan fingerprint density at radius 3 is 2.55 bits per heavy atom. The number of amides is 1. The number of halogens is 1. The zero-order chi connectivity index (χ0) is 21.0. The Hall–Kier alpha value is -2.86. The zero-order valence-corrected chi connectivity index (χ0v) is 17.7. The van der Waals surface area contributed by atoms with Crippen molar-refractivity contribution in [3.8, 4) is 17.1 Å². The van der Waals surface area contributed by atoms with E-state index in [1.54, 1.807) is 23.1 Å². The molecule has 0 radical (unpaired) electrons. The molecule has 3 rings (SSSR count). The van der Waals surface area contributed by atoms with Gasteiger partial charge in [0.25, 0.3) is 5.91 Å². The van der Waals surface area contributed by atoms with Gasteiger partial charge in [0.1, 0.15) is 12.3 Å². The summed E-state index contributed by atoms with van der Waals surface area (Å²) in [4.78, 5) is 19.0. The quantitative estimate of drug-likeness (QED) is 0.574. The first-order valence-electron chi connectivity index (χ1n) is 9.31. The van der Waals surface area contributed by atoms with Gasteiger partial charge in [-0.05, 0) is 51.5 Å². The van der Waals surface area contributed by atoms with Crippen LogP contribution in [0, 0.1) is 6.92 Å². The first kappa shape index (κ1) is 20.9. The van der Waals surface area contributed by atoms with Gasteiger partial charge in [-0.1, -0.05) is 47.1 Å². The number of aryl methyl sites for hydroxylation is 1. The number of rotatable bonds is 6. The maximum atomic E-state index is 12.9. The molecule has 0 N–H and O–H groups in total. The Labute approximate surface area is 175 Å². The van der Waals surface area contributed by atoms with Crippen LogP contribution in [0.3, 0.4) is 0 Å². The van der Waals surface area contributed by atoms with Gasteiger partial charge in [-0.3, -0.25) is 4.79 Å². The average Bonchev–Trinajstić information content (AvgIpc) is 3.14. The van der Waals surface area contributed by atoms with Crippen LogP contribution in [0.1, 0.15) is 32.2 Å². The number of carbonyl (C=O) groups excluding carboxylic acids is 1. The van der Waals surface area contributed by atoms with Crippen molar-refractivity contribution in [2.75, 3.05) is 6.61 Å². The number of aromatic nitrogens is 2. The highest BCUT2D eigenvalue weighted by Gasteiger charge is 2.29. The van der Waals surface area contributed by atoms with Crippen LogP contribution in [0.15, 0.2) is 53.1 Å². The van der Waals surface area contributed by atoms with E-state index < -0.39 is 5.54 Å². The Morgan fingerprint density at radius 1 is 1.17 bits per heavy atom. The number of hydrogen-bond donors (Lipinski definition) is 0. The van der Waals surface area contributed by atoms with Crippen molar-refractivity contribution in [3.05, 3.63) is 65.0 Å². The summed E-state index contributed by atoms with van der Waals surface area (Å²) in [5.74, 6) is 1.32. The van der Waals surface area contributed by atoms with Gasteiger partial charge in [-0.2, -0.15) is 4.98 Å². The highest BCUT2D eigenvalue weighted by molar-refractivity contribution is 6.30. The fourth-order valence-electron chi connectivity index (χ4n) is 2.85. The molecule has 0 saturated heterocycles. The molecule has 0 bridgehead atoms. The topological polar surface area (TPSA) is 68.5 Å². The average molecular weight is 414 g/mol. The number of hydrogen-bond acceptors (Lipinski definition) is 5. The maximum absolute atomic E-state index is 12.9. The van der Waals surface area contributed by atoms with Crippen molar-refractivity contribution >= 4 is 17.5 Å². The second kappa shape index (κ2) is 8.66. The molecule has 29 heavy (non-hydrogen) atoms. The lowest BCUT2D eigenvalue weighted by molar-refractivity contribution is -0.139. The molecule has 1 aromatic heterocycles. The lowest BCUT2D eigenvalue weighted by atomic mass is 10.1. The molecule has 7 heteroatoms. The molecule has 0 aliphatic rings. The van der Waals surface area contributed by atoms with Crippen molar-refractivity contribution in [1.82, 2.24) is 15.0 Å². The molecule has 0 aliphatic heterocycles. The van der Waals surface area contributed by atoms with Crippen LogP contribution in [0.2, 0.25) is 5.02 Å². The van der Waals surface area contributed by atoms with E-state index in [0.717, 1.165) is 11.1 Å². The number of ether oxygens (including phenoxy) is 1. The van der Waals surface area contributed by atoms with Gasteiger partial charge in [0.05, 0.1) is 0 Å². The first-order chi connectivity index (χ1) is 13.7. The molecular weight excluding hydrogens is 390 g/mol. The summed E-state index contributed by atoms with van der Waals surface area (Å²) >= 11 is 5.97. The standard InChI is InChI=1S/C22H24ClN3O3/c1-15-12-17(23)10-11-18(15)28-14-20(27)26(22(2,3)4)13-19-24-21(25-29-19)16-8-6-5-7-9-16/h5-12H,13-14H2,1-4H3. The highest BCUT2D eigenvalue weighted by Crippen LogP contribution is 2.23. The van der Waals surface area contributed by atoms with Gasteiger partial charge in [-0.25, -0.2) is 0 Å². The van der Waals surface area contributed by atoms with E-state index in [-0.39, 0.29) is 19.1 Å². The minimum absolute atomic E-state index is 0.0978. The molecule has 0 aliphatic carbocycles. The Bertz CT molecular complexity index is 980. The fraction of sp³-hybridized carbons (Fsp3) is 0.318. The summed E-state index contributed by atoms with van der Waals surface area (Å²) < 4.78 is 11.1. The third-order valence-corrected chi connectivity index (χ3v) is 4.63. The first-order valence-corrected chi connectivity index (χ1v) is 9.69. The molecule has 1 amide bonds. The maximum Gasteiger partial charge on any atom is 0.261 e. The molecule has 152 valence electrons. The van der Waals surface area contributed by atoms with Crippen molar-refractivity contribution in [3.63, 3.8) is 0 Å². The molecule has 0 saturated carbocycles. The number of nitrogens with zero attached hydrogens (tertiary/aromatic N) is 3. The minimum Gasteiger partial charge on any atom is -0.483 e. The van der Waals surface area contributed by atoms with Crippen LogP contribution in [0.5, 0.6) is 5.75 Å². The number of benzene rings is 2. The van der Waals surface area contributed by atoms with Gasteiger partial charge in [-0.15, -0.1) is 0 Å². The molecule has 0 spiro atoms. The van der Waals surface area contributed by atoms with Crippen molar-refractivity contribution < 1.29 is 14.1 Å². The van der Waals surface area contributed by atoms with Gasteiger partial charge in [0, 0.05) is 16.1 Å². The third-order valence-electron chi connectivity index (χ3n) is 4.39. The molecule has 0 unspecified atom stereocenters. The number of carbonyl (C=O) groups is 1. The predicted molar refractivity (Wildman–Crippen MR) is 112 cm³/mol. The zero-order valence-electron chi connectivity index (χ0n) is 17.0. The summed E-state index contributed by atoms with van der Waals surface area (Å²) in [5.41, 5.74) is 1.28. The Morgan fingerprint density at radius 2 is 1.90 bits per heavy atom. The summed E-state index contributed by atoms with van der Waals surface area (Å²) in [7, 11) is 0. The van der Waals surface area contributed by atoms with Crippen LogP contribution < -0.4 is 4.74 Å². The van der Waals surface area contributed by atoms with Crippen molar-refractivity contribution in [2.45, 2.75) is 39.8 Å². The molecule has 1 heterocycles. The van der Waals surface area contributed by atoms with Gasteiger partial charge in [0.2, 0.25) is 11.7 Å². The van der Waals surface area contributed by atoms with Crippen LogP contribution in [-0.2, 0) is 11.3 Å². The fourth-order valence-corrected chi connectivity index (χ4v) is 3.08. The lowest BCUT2D eigenvalue weighted by Gasteiger charge is -2.34. The Kier molecular flexibility index (Phi) is 6.23. The van der Waals surface area contributed by atoms with E-state index in [1.807, 2.05) is 58.0 Å². The van der Waals surface area contributed by atoms with Crippen LogP contribution >= 0.6 is 11.6 Å². The summed E-state index contributed by atoms with van der Waals surface area (Å²) in [5, 5.41) is 4.65. The second-order valence-corrected chi connectivity index (χ2v) is 8.16. The van der Waals surface area contributed by atoms with E-state index >= 15 is 0 Å². The van der Waals surface area contributed by atoms with E-state index in [4.69, 9.17) is 20.9 Å². The molecule has 6 nitrogen and oxygen atoms in total. The molecule has 0 fully saturated rings. The highest BCUT2D eigenvalue weighted by atomic mass is 35.5. The largest absolute Gasteiger partial charge is 0.483 e. The Balaban J connectivity index is 1.71. The van der Waals surface area contributed by atoms with Crippen LogP contribution in [-0.4, -0.2) is 33.1 Å².